The third-order valence-corrected chi connectivity index (χ3v) is 2.44. The van der Waals surface area contributed by atoms with Gasteiger partial charge in [-0.3, -0.25) is 0 Å². The lowest BCUT2D eigenvalue weighted by Crippen LogP contribution is -2.26. The second-order valence-electron chi connectivity index (χ2n) is 2.58. The van der Waals surface area contributed by atoms with E-state index in [4.69, 9.17) is 0 Å². The molecule has 0 bridgehead atoms. The minimum absolute atomic E-state index is 0.632. The van der Waals surface area contributed by atoms with Gasteiger partial charge in [-0.25, -0.2) is 0 Å². The van der Waals surface area contributed by atoms with Crippen LogP contribution in [0.2, 0.25) is 0 Å². The van der Waals surface area contributed by atoms with E-state index in [0.717, 1.165) is 6.54 Å². The summed E-state index contributed by atoms with van der Waals surface area (Å²) < 4.78 is 0. The van der Waals surface area contributed by atoms with Gasteiger partial charge in [-0.05, 0) is 24.9 Å². The molecular formula is C9H19NS. The Kier molecular flexibility index (Phi) is 8.19. The lowest BCUT2D eigenvalue weighted by molar-refractivity contribution is 0.571. The molecule has 0 aromatic heterocycles. The molecule has 1 N–H and O–H groups in total. The van der Waals surface area contributed by atoms with E-state index in [1.165, 1.54) is 17.9 Å². The summed E-state index contributed by atoms with van der Waals surface area (Å²) in [7, 11) is 0. The van der Waals surface area contributed by atoms with Crippen LogP contribution in [-0.2, 0) is 0 Å². The molecule has 1 nitrogen and oxygen atoms in total. The highest BCUT2D eigenvalue weighted by Crippen LogP contribution is 2.03. The van der Waals surface area contributed by atoms with Crippen molar-refractivity contribution in [3.8, 4) is 0 Å². The summed E-state index contributed by atoms with van der Waals surface area (Å²) in [5.41, 5.74) is 0. The van der Waals surface area contributed by atoms with E-state index >= 15 is 0 Å². The fourth-order valence-corrected chi connectivity index (χ4v) is 1.60. The van der Waals surface area contributed by atoms with Crippen LogP contribution in [0.4, 0.5) is 0 Å². The second-order valence-corrected chi connectivity index (χ2v) is 3.98. The Hall–Kier alpha value is 0.0500. The summed E-state index contributed by atoms with van der Waals surface area (Å²) in [5.74, 6) is 2.50. The molecule has 66 valence electrons. The summed E-state index contributed by atoms with van der Waals surface area (Å²) in [5, 5.41) is 3.36. The van der Waals surface area contributed by atoms with Gasteiger partial charge in [0.15, 0.2) is 0 Å². The molecule has 0 aromatic carbocycles. The standard InChI is InChI=1S/C9H19NS/c1-4-7-10-9(3)6-8-11-5-2/h4,9-10H,1,5-8H2,2-3H3. The van der Waals surface area contributed by atoms with Gasteiger partial charge in [0, 0.05) is 12.6 Å². The lowest BCUT2D eigenvalue weighted by atomic mass is 10.2. The van der Waals surface area contributed by atoms with E-state index in [1.54, 1.807) is 0 Å². The molecule has 0 amide bonds. The molecule has 0 fully saturated rings. The normalized spacial score (nSPS) is 12.9. The average molecular weight is 173 g/mol. The third kappa shape index (κ3) is 7.95. The van der Waals surface area contributed by atoms with Gasteiger partial charge in [0.2, 0.25) is 0 Å². The van der Waals surface area contributed by atoms with E-state index < -0.39 is 0 Å². The maximum absolute atomic E-state index is 3.66. The van der Waals surface area contributed by atoms with Crippen LogP contribution in [0.15, 0.2) is 12.7 Å². The molecule has 0 aliphatic carbocycles. The van der Waals surface area contributed by atoms with Gasteiger partial charge in [0.25, 0.3) is 0 Å². The van der Waals surface area contributed by atoms with Crippen molar-refractivity contribution in [2.75, 3.05) is 18.1 Å². The molecule has 11 heavy (non-hydrogen) atoms. The van der Waals surface area contributed by atoms with Crippen LogP contribution in [0.1, 0.15) is 20.3 Å². The van der Waals surface area contributed by atoms with Crippen molar-refractivity contribution >= 4 is 11.8 Å². The van der Waals surface area contributed by atoms with Crippen LogP contribution in [0, 0.1) is 0 Å². The fourth-order valence-electron chi connectivity index (χ4n) is 0.791. The minimum Gasteiger partial charge on any atom is -0.311 e. The van der Waals surface area contributed by atoms with E-state index in [2.05, 4.69) is 25.7 Å². The zero-order valence-electron chi connectivity index (χ0n) is 7.60. The first-order valence-electron chi connectivity index (χ1n) is 4.23. The van der Waals surface area contributed by atoms with Crippen molar-refractivity contribution in [3.63, 3.8) is 0 Å². The van der Waals surface area contributed by atoms with E-state index in [9.17, 15) is 0 Å². The van der Waals surface area contributed by atoms with Gasteiger partial charge in [0.05, 0.1) is 0 Å². The molecule has 0 saturated carbocycles. The van der Waals surface area contributed by atoms with Crippen molar-refractivity contribution in [3.05, 3.63) is 12.7 Å². The first-order valence-corrected chi connectivity index (χ1v) is 5.38. The quantitative estimate of drug-likeness (QED) is 0.468. The average Bonchev–Trinajstić information content (AvgIpc) is 2.01. The van der Waals surface area contributed by atoms with Crippen molar-refractivity contribution in [1.82, 2.24) is 5.32 Å². The highest BCUT2D eigenvalue weighted by molar-refractivity contribution is 7.99. The van der Waals surface area contributed by atoms with Crippen molar-refractivity contribution in [2.45, 2.75) is 26.3 Å². The van der Waals surface area contributed by atoms with Gasteiger partial charge in [-0.15, -0.1) is 6.58 Å². The number of rotatable bonds is 7. The molecule has 2 heteroatoms. The largest absolute Gasteiger partial charge is 0.311 e. The first kappa shape index (κ1) is 11.1. The fraction of sp³-hybridized carbons (Fsp3) is 0.778. The summed E-state index contributed by atoms with van der Waals surface area (Å²) in [6.45, 7) is 9.01. The van der Waals surface area contributed by atoms with Crippen molar-refractivity contribution < 1.29 is 0 Å². The molecule has 0 heterocycles. The molecule has 0 saturated heterocycles. The van der Waals surface area contributed by atoms with Crippen LogP contribution in [0.5, 0.6) is 0 Å². The molecule has 1 unspecified atom stereocenters. The Labute approximate surface area is 74.6 Å². The molecule has 0 aromatic rings. The van der Waals surface area contributed by atoms with E-state index in [-0.39, 0.29) is 0 Å². The van der Waals surface area contributed by atoms with Crippen LogP contribution in [-0.4, -0.2) is 24.1 Å². The molecule has 0 rings (SSSR count). The van der Waals surface area contributed by atoms with Crippen molar-refractivity contribution in [2.24, 2.45) is 0 Å². The number of hydrogen-bond acceptors (Lipinski definition) is 2. The summed E-state index contributed by atoms with van der Waals surface area (Å²) in [6, 6.07) is 0.632. The summed E-state index contributed by atoms with van der Waals surface area (Å²) in [4.78, 5) is 0. The van der Waals surface area contributed by atoms with Crippen LogP contribution < -0.4 is 5.32 Å². The minimum atomic E-state index is 0.632. The van der Waals surface area contributed by atoms with Gasteiger partial charge in [0.1, 0.15) is 0 Å². The zero-order chi connectivity index (χ0) is 8.53. The third-order valence-electron chi connectivity index (χ3n) is 1.51. The zero-order valence-corrected chi connectivity index (χ0v) is 8.41. The monoisotopic (exact) mass is 173 g/mol. The van der Waals surface area contributed by atoms with Crippen LogP contribution in [0.25, 0.3) is 0 Å². The molecular weight excluding hydrogens is 154 g/mol. The topological polar surface area (TPSA) is 12.0 Å². The molecule has 0 aliphatic heterocycles. The van der Waals surface area contributed by atoms with Gasteiger partial charge in [-0.1, -0.05) is 13.0 Å². The lowest BCUT2D eigenvalue weighted by Gasteiger charge is -2.10. The number of hydrogen-bond donors (Lipinski definition) is 1. The Bertz CT molecular complexity index is 93.6. The Morgan fingerprint density at radius 3 is 2.91 bits per heavy atom. The van der Waals surface area contributed by atoms with Crippen molar-refractivity contribution in [1.29, 1.82) is 0 Å². The van der Waals surface area contributed by atoms with Crippen LogP contribution in [0.3, 0.4) is 0 Å². The second kappa shape index (κ2) is 8.15. The molecule has 0 radical (unpaired) electrons. The smallest absolute Gasteiger partial charge is 0.0134 e. The Balaban J connectivity index is 3.08. The van der Waals surface area contributed by atoms with Gasteiger partial charge in [-0.2, -0.15) is 11.8 Å². The first-order chi connectivity index (χ1) is 5.31. The summed E-state index contributed by atoms with van der Waals surface area (Å²) in [6.07, 6.45) is 3.16. The van der Waals surface area contributed by atoms with E-state index in [1.807, 2.05) is 17.8 Å². The molecule has 0 spiro atoms. The van der Waals surface area contributed by atoms with Crippen LogP contribution >= 0.6 is 11.8 Å². The Morgan fingerprint density at radius 1 is 1.64 bits per heavy atom. The maximum atomic E-state index is 3.66. The molecule has 0 aliphatic rings. The SMILES string of the molecule is C=CCNC(C)CCSCC. The highest BCUT2D eigenvalue weighted by Gasteiger charge is 1.97. The van der Waals surface area contributed by atoms with Gasteiger partial charge >= 0.3 is 0 Å². The number of thioether (sulfide) groups is 1. The van der Waals surface area contributed by atoms with E-state index in [0.29, 0.717) is 6.04 Å². The number of nitrogens with one attached hydrogen (secondary N) is 1. The summed E-state index contributed by atoms with van der Waals surface area (Å²) >= 11 is 2.00. The highest BCUT2D eigenvalue weighted by atomic mass is 32.2. The maximum Gasteiger partial charge on any atom is 0.0134 e. The predicted molar refractivity (Wildman–Crippen MR) is 55.3 cm³/mol. The Morgan fingerprint density at radius 2 is 2.36 bits per heavy atom. The van der Waals surface area contributed by atoms with Gasteiger partial charge < -0.3 is 5.32 Å². The molecule has 1 atom stereocenters. The predicted octanol–water partition coefficient (Wildman–Crippen LogP) is 2.29.